The molecule has 1 aliphatic heterocycles. The number of ketones is 1. The Hall–Kier alpha value is -3.53. The zero-order valence-electron chi connectivity index (χ0n) is 16.4. The molecule has 3 heterocycles. The molecule has 2 aliphatic rings. The van der Waals surface area contributed by atoms with Crippen molar-refractivity contribution >= 4 is 29.2 Å². The van der Waals surface area contributed by atoms with E-state index in [9.17, 15) is 14.9 Å². The molecule has 1 N–H and O–H groups in total. The first-order valence-corrected chi connectivity index (χ1v) is 10.9. The number of hydrogen-bond donors (Lipinski definition) is 1. The van der Waals surface area contributed by atoms with Crippen molar-refractivity contribution in [2.75, 3.05) is 5.32 Å². The number of fused-ring (bicyclic) bond motifs is 1. The number of anilines is 1. The van der Waals surface area contributed by atoms with Crippen LogP contribution in [0.1, 0.15) is 36.6 Å². The molecule has 0 spiro atoms. The molecular formula is C21H18N6O3S. The van der Waals surface area contributed by atoms with Crippen LogP contribution in [0.4, 0.5) is 11.6 Å². The van der Waals surface area contributed by atoms with Gasteiger partial charge in [-0.2, -0.15) is 4.98 Å². The molecule has 5 rings (SSSR count). The second-order valence-corrected chi connectivity index (χ2v) is 8.26. The highest BCUT2D eigenvalue weighted by Gasteiger charge is 2.37. The van der Waals surface area contributed by atoms with Crippen LogP contribution in [0.5, 0.6) is 0 Å². The first-order chi connectivity index (χ1) is 15.1. The molecule has 0 saturated carbocycles. The van der Waals surface area contributed by atoms with Crippen molar-refractivity contribution in [3.05, 3.63) is 81.3 Å². The molecular weight excluding hydrogens is 416 g/mol. The average Bonchev–Trinajstić information content (AvgIpc) is 3.20. The van der Waals surface area contributed by atoms with E-state index in [1.165, 1.54) is 23.9 Å². The van der Waals surface area contributed by atoms with Crippen molar-refractivity contribution in [3.63, 3.8) is 0 Å². The SMILES string of the molecule is O=C1CCCC2=C1C(c1ccc([N+](=O)[O-])cc1)n1nc(SCc3ccccn3)nc1N2. The number of benzene rings is 1. The molecule has 0 amide bonds. The summed E-state index contributed by atoms with van der Waals surface area (Å²) < 4.78 is 1.71. The van der Waals surface area contributed by atoms with Crippen LogP contribution in [-0.4, -0.2) is 30.5 Å². The van der Waals surface area contributed by atoms with Crippen molar-refractivity contribution in [2.45, 2.75) is 36.2 Å². The second-order valence-electron chi connectivity index (χ2n) is 7.32. The monoisotopic (exact) mass is 434 g/mol. The summed E-state index contributed by atoms with van der Waals surface area (Å²) in [5.74, 6) is 1.26. The van der Waals surface area contributed by atoms with Crippen LogP contribution in [0.25, 0.3) is 0 Å². The summed E-state index contributed by atoms with van der Waals surface area (Å²) in [5.41, 5.74) is 3.22. The van der Waals surface area contributed by atoms with E-state index in [2.05, 4.69) is 20.4 Å². The molecule has 10 heteroatoms. The van der Waals surface area contributed by atoms with Gasteiger partial charge in [0.2, 0.25) is 11.1 Å². The fourth-order valence-electron chi connectivity index (χ4n) is 3.91. The van der Waals surface area contributed by atoms with Gasteiger partial charge in [-0.3, -0.25) is 19.9 Å². The Labute approximate surface area is 181 Å². The second kappa shape index (κ2) is 7.95. The van der Waals surface area contributed by atoms with Gasteiger partial charge in [-0.25, -0.2) is 4.68 Å². The van der Waals surface area contributed by atoms with E-state index in [0.717, 1.165) is 29.8 Å². The number of Topliss-reactive ketones (excluding diaryl/α,β-unsaturated/α-hetero) is 1. The number of nitrogens with one attached hydrogen (secondary N) is 1. The molecule has 2 aromatic heterocycles. The highest BCUT2D eigenvalue weighted by molar-refractivity contribution is 7.98. The third kappa shape index (κ3) is 3.70. The summed E-state index contributed by atoms with van der Waals surface area (Å²) >= 11 is 1.47. The fraction of sp³-hybridized carbons (Fsp3) is 0.238. The van der Waals surface area contributed by atoms with Gasteiger partial charge in [-0.1, -0.05) is 17.8 Å². The van der Waals surface area contributed by atoms with Gasteiger partial charge in [0.1, 0.15) is 6.04 Å². The van der Waals surface area contributed by atoms with Crippen molar-refractivity contribution in [1.82, 2.24) is 19.7 Å². The van der Waals surface area contributed by atoms with Crippen LogP contribution in [0.2, 0.25) is 0 Å². The fourth-order valence-corrected chi connectivity index (χ4v) is 4.65. The molecule has 0 bridgehead atoms. The summed E-state index contributed by atoms with van der Waals surface area (Å²) in [6.07, 6.45) is 3.77. The lowest BCUT2D eigenvalue weighted by Crippen LogP contribution is -2.31. The maximum atomic E-state index is 12.8. The van der Waals surface area contributed by atoms with E-state index in [0.29, 0.717) is 28.9 Å². The molecule has 156 valence electrons. The van der Waals surface area contributed by atoms with Gasteiger partial charge < -0.3 is 5.32 Å². The number of aromatic nitrogens is 4. The standard InChI is InChI=1S/C21H18N6O3S/c28-17-6-3-5-16-18(17)19(13-7-9-15(10-8-13)27(29)30)26-20(23-16)24-21(25-26)31-12-14-4-1-2-11-22-14/h1-2,4,7-11,19H,3,5-6,12H2,(H,23,24,25). The number of nitro groups is 1. The maximum Gasteiger partial charge on any atom is 0.269 e. The number of rotatable bonds is 5. The molecule has 0 fully saturated rings. The normalized spacial score (nSPS) is 17.7. The van der Waals surface area contributed by atoms with Gasteiger partial charge in [-0.05, 0) is 42.7 Å². The Morgan fingerprint density at radius 3 is 2.77 bits per heavy atom. The van der Waals surface area contributed by atoms with Crippen molar-refractivity contribution in [3.8, 4) is 0 Å². The van der Waals surface area contributed by atoms with E-state index in [-0.39, 0.29) is 11.5 Å². The van der Waals surface area contributed by atoms with E-state index in [4.69, 9.17) is 0 Å². The minimum Gasteiger partial charge on any atom is -0.328 e. The third-order valence-electron chi connectivity index (χ3n) is 5.34. The zero-order chi connectivity index (χ0) is 21.4. The van der Waals surface area contributed by atoms with Crippen LogP contribution < -0.4 is 5.32 Å². The lowest BCUT2D eigenvalue weighted by Gasteiger charge is -2.32. The van der Waals surface area contributed by atoms with Crippen LogP contribution in [-0.2, 0) is 10.5 Å². The number of nitrogens with zero attached hydrogens (tertiary/aromatic N) is 5. The largest absolute Gasteiger partial charge is 0.328 e. The number of non-ortho nitro benzene ring substituents is 1. The number of hydrogen-bond acceptors (Lipinski definition) is 8. The summed E-state index contributed by atoms with van der Waals surface area (Å²) in [4.78, 5) is 32.4. The molecule has 0 radical (unpaired) electrons. The number of carbonyl (C=O) groups excluding carboxylic acids is 1. The first kappa shape index (κ1) is 19.4. The molecule has 1 aliphatic carbocycles. The van der Waals surface area contributed by atoms with Gasteiger partial charge >= 0.3 is 0 Å². The van der Waals surface area contributed by atoms with Gasteiger partial charge in [0.25, 0.3) is 5.69 Å². The molecule has 1 unspecified atom stereocenters. The van der Waals surface area contributed by atoms with Crippen LogP contribution in [0.3, 0.4) is 0 Å². The lowest BCUT2D eigenvalue weighted by molar-refractivity contribution is -0.384. The van der Waals surface area contributed by atoms with Crippen LogP contribution >= 0.6 is 11.8 Å². The van der Waals surface area contributed by atoms with E-state index >= 15 is 0 Å². The Kier molecular flexibility index (Phi) is 4.99. The average molecular weight is 434 g/mol. The van der Waals surface area contributed by atoms with E-state index in [1.807, 2.05) is 18.2 Å². The highest BCUT2D eigenvalue weighted by atomic mass is 32.2. The summed E-state index contributed by atoms with van der Waals surface area (Å²) in [6, 6.07) is 11.6. The van der Waals surface area contributed by atoms with Crippen LogP contribution in [0, 0.1) is 10.1 Å². The quantitative estimate of drug-likeness (QED) is 0.365. The first-order valence-electron chi connectivity index (χ1n) is 9.87. The predicted octanol–water partition coefficient (Wildman–Crippen LogP) is 3.90. The Bertz CT molecular complexity index is 1190. The summed E-state index contributed by atoms with van der Waals surface area (Å²) in [5, 5.41) is 19.6. The topological polar surface area (TPSA) is 116 Å². The predicted molar refractivity (Wildman–Crippen MR) is 115 cm³/mol. The number of pyridine rings is 1. The number of allylic oxidation sites excluding steroid dienone is 2. The van der Waals surface area contributed by atoms with E-state index < -0.39 is 11.0 Å². The Balaban J connectivity index is 1.51. The van der Waals surface area contributed by atoms with Crippen LogP contribution in [0.15, 0.2) is 65.1 Å². The minimum absolute atomic E-state index is 0.00674. The minimum atomic E-state index is -0.462. The molecule has 31 heavy (non-hydrogen) atoms. The van der Waals surface area contributed by atoms with Gasteiger partial charge in [-0.15, -0.1) is 5.10 Å². The lowest BCUT2D eigenvalue weighted by atomic mass is 9.85. The number of nitro benzene ring substituents is 1. The summed E-state index contributed by atoms with van der Waals surface area (Å²) in [6.45, 7) is 0. The number of carbonyl (C=O) groups is 1. The zero-order valence-corrected chi connectivity index (χ0v) is 17.2. The third-order valence-corrected chi connectivity index (χ3v) is 6.21. The number of thioether (sulfide) groups is 1. The van der Waals surface area contributed by atoms with Gasteiger partial charge in [0.05, 0.1) is 10.6 Å². The Morgan fingerprint density at radius 1 is 1.19 bits per heavy atom. The molecule has 0 saturated heterocycles. The smallest absolute Gasteiger partial charge is 0.269 e. The van der Waals surface area contributed by atoms with E-state index in [1.54, 1.807) is 23.0 Å². The van der Waals surface area contributed by atoms with Gasteiger partial charge in [0, 0.05) is 41.8 Å². The molecule has 1 aromatic carbocycles. The molecule has 9 nitrogen and oxygen atoms in total. The van der Waals surface area contributed by atoms with Crippen molar-refractivity contribution in [2.24, 2.45) is 0 Å². The van der Waals surface area contributed by atoms with Gasteiger partial charge in [0.15, 0.2) is 5.78 Å². The van der Waals surface area contributed by atoms with Crippen molar-refractivity contribution < 1.29 is 9.72 Å². The Morgan fingerprint density at radius 2 is 2.03 bits per heavy atom. The van der Waals surface area contributed by atoms with Crippen molar-refractivity contribution in [1.29, 1.82) is 0 Å². The highest BCUT2D eigenvalue weighted by Crippen LogP contribution is 2.41. The maximum absolute atomic E-state index is 12.8. The molecule has 3 aromatic rings. The summed E-state index contributed by atoms with van der Waals surface area (Å²) in [7, 11) is 0. The molecule has 1 atom stereocenters.